The minimum Gasteiger partial charge on any atom is -0.436 e. The van der Waals surface area contributed by atoms with E-state index in [4.69, 9.17) is 22.0 Å². The molecule has 4 nitrogen and oxygen atoms in total. The van der Waals surface area contributed by atoms with Crippen LogP contribution in [0.15, 0.2) is 65.2 Å². The van der Waals surface area contributed by atoms with Crippen LogP contribution < -0.4 is 0 Å². The second kappa shape index (κ2) is 10.2. The predicted molar refractivity (Wildman–Crippen MR) is 145 cm³/mol. The van der Waals surface area contributed by atoms with Gasteiger partial charge in [0, 0.05) is 29.9 Å². The minimum absolute atomic E-state index is 0.0264. The first kappa shape index (κ1) is 25.1. The van der Waals surface area contributed by atoms with Gasteiger partial charge in [0.2, 0.25) is 5.89 Å². The monoisotopic (exact) mass is 521 g/mol. The van der Waals surface area contributed by atoms with E-state index in [2.05, 4.69) is 0 Å². The number of aromatic nitrogens is 1. The molecule has 196 valence electrons. The van der Waals surface area contributed by atoms with Crippen molar-refractivity contribution in [1.29, 1.82) is 0 Å². The summed E-state index contributed by atoms with van der Waals surface area (Å²) >= 11 is 5.00. The van der Waals surface area contributed by atoms with Crippen LogP contribution in [0.5, 0.6) is 0 Å². The minimum atomic E-state index is -1.20. The number of piperidine rings is 3. The highest BCUT2D eigenvalue weighted by Crippen LogP contribution is 2.47. The number of quaternary nitrogens is 1. The Morgan fingerprint density at radius 1 is 1.03 bits per heavy atom. The van der Waals surface area contributed by atoms with Gasteiger partial charge in [-0.3, -0.25) is 0 Å². The van der Waals surface area contributed by atoms with Crippen LogP contribution in [0.2, 0.25) is 0 Å². The summed E-state index contributed by atoms with van der Waals surface area (Å²) in [5, 5.41) is 12.2. The van der Waals surface area contributed by atoms with Crippen molar-refractivity contribution >= 4 is 12.6 Å². The molecular weight excluding hydrogens is 483 g/mol. The van der Waals surface area contributed by atoms with Gasteiger partial charge >= 0.3 is 0 Å². The normalized spacial score (nSPS) is 28.6. The third-order valence-corrected chi connectivity index (χ3v) is 10.2. The fourth-order valence-electron chi connectivity index (χ4n) is 7.49. The Kier molecular flexibility index (Phi) is 6.93. The smallest absolute Gasteiger partial charge is 0.231 e. The van der Waals surface area contributed by atoms with Crippen molar-refractivity contribution < 1.29 is 18.4 Å². The zero-order valence-electron chi connectivity index (χ0n) is 21.4. The molecule has 3 saturated heterocycles. The topological polar surface area (TPSA) is 46.3 Å². The summed E-state index contributed by atoms with van der Waals surface area (Å²) in [5.41, 5.74) is 0.641. The van der Waals surface area contributed by atoms with E-state index in [9.17, 15) is 9.50 Å². The van der Waals surface area contributed by atoms with Crippen molar-refractivity contribution in [3.63, 3.8) is 0 Å². The molecule has 4 heterocycles. The molecule has 4 fully saturated rings. The molecule has 2 bridgehead atoms. The number of thiol groups is 1. The Morgan fingerprint density at radius 2 is 1.78 bits per heavy atom. The molecule has 1 unspecified atom stereocenters. The number of benzene rings is 2. The Balaban J connectivity index is 1.25. The lowest BCUT2D eigenvalue weighted by molar-refractivity contribution is -0.960. The fraction of sp³-hybridized carbons (Fsp3) is 0.516. The van der Waals surface area contributed by atoms with E-state index < -0.39 is 5.60 Å². The van der Waals surface area contributed by atoms with Gasteiger partial charge < -0.3 is 14.0 Å². The van der Waals surface area contributed by atoms with Gasteiger partial charge in [0.05, 0.1) is 25.8 Å². The number of hydrogen-bond acceptors (Lipinski definition) is 4. The summed E-state index contributed by atoms with van der Waals surface area (Å²) in [6.45, 7) is 4.02. The Bertz CT molecular complexity index is 1200. The van der Waals surface area contributed by atoms with Gasteiger partial charge in [-0.05, 0) is 42.0 Å². The quantitative estimate of drug-likeness (QED) is 0.270. The van der Waals surface area contributed by atoms with Gasteiger partial charge in [-0.15, -0.1) is 0 Å². The molecule has 3 aliphatic heterocycles. The second-order valence-electron chi connectivity index (χ2n) is 11.7. The highest BCUT2D eigenvalue weighted by Gasteiger charge is 2.49. The van der Waals surface area contributed by atoms with Crippen molar-refractivity contribution in [2.75, 3.05) is 19.6 Å². The van der Waals surface area contributed by atoms with Gasteiger partial charge in [-0.1, -0.05) is 61.7 Å². The Labute approximate surface area is 224 Å². The molecule has 4 aliphatic rings. The third-order valence-electron chi connectivity index (χ3n) is 9.53. The average Bonchev–Trinajstić information content (AvgIpc) is 3.42. The van der Waals surface area contributed by atoms with Crippen LogP contribution >= 0.6 is 12.6 Å². The first-order valence-corrected chi connectivity index (χ1v) is 14.5. The lowest BCUT2D eigenvalue weighted by Gasteiger charge is -2.53. The maximum atomic E-state index is 13.9. The van der Waals surface area contributed by atoms with Gasteiger partial charge in [0.1, 0.15) is 12.4 Å². The van der Waals surface area contributed by atoms with E-state index in [1.165, 1.54) is 12.5 Å². The highest BCUT2D eigenvalue weighted by atomic mass is 32.1. The molecule has 37 heavy (non-hydrogen) atoms. The van der Waals surface area contributed by atoms with Crippen molar-refractivity contribution in [2.24, 2.45) is 17.8 Å². The number of rotatable bonds is 7. The van der Waals surface area contributed by atoms with Crippen molar-refractivity contribution in [2.45, 2.75) is 62.3 Å². The maximum absolute atomic E-state index is 13.9. The van der Waals surface area contributed by atoms with Crippen LogP contribution in [0.4, 0.5) is 4.39 Å². The number of nitrogens with zero attached hydrogens (tertiary/aromatic N) is 2. The third kappa shape index (κ3) is 4.77. The van der Waals surface area contributed by atoms with Crippen LogP contribution in [0, 0.1) is 23.6 Å². The number of halogens is 1. The fourth-order valence-corrected chi connectivity index (χ4v) is 7.99. The molecule has 1 N–H and O–H groups in total. The summed E-state index contributed by atoms with van der Waals surface area (Å²) in [7, 11) is 0. The summed E-state index contributed by atoms with van der Waals surface area (Å²) in [6, 6.07) is 16.9. The molecule has 3 atom stereocenters. The van der Waals surface area contributed by atoms with Crippen LogP contribution in [-0.4, -0.2) is 34.2 Å². The molecule has 7 rings (SSSR count). The molecule has 0 spiro atoms. The zero-order chi connectivity index (χ0) is 25.5. The Morgan fingerprint density at radius 3 is 2.51 bits per heavy atom. The van der Waals surface area contributed by atoms with Crippen molar-refractivity contribution in [3.05, 3.63) is 89.4 Å². The van der Waals surface area contributed by atoms with Gasteiger partial charge in [-0.25, -0.2) is 9.37 Å². The van der Waals surface area contributed by atoms with Gasteiger partial charge in [0.25, 0.3) is 0 Å². The van der Waals surface area contributed by atoms with E-state index in [-0.39, 0.29) is 17.0 Å². The van der Waals surface area contributed by atoms with Gasteiger partial charge in [-0.2, -0.15) is 12.6 Å². The molecule has 1 saturated carbocycles. The molecule has 1 aromatic heterocycles. The molecule has 1 aliphatic carbocycles. The van der Waals surface area contributed by atoms with Crippen LogP contribution in [0.1, 0.15) is 73.0 Å². The average molecular weight is 522 g/mol. The standard InChI is InChI=1S/C31H37FN2O2S/c32-26-13-7-8-23(18-26)29(37)28-21-34(16-14-22(28)15-17-34)20-27-19-33-30(36-27)31(35,24-9-3-1-4-10-24)25-11-5-2-6-12-25/h1,3-4,7-10,13,18-19,22,25,28-29,35H,2,5-6,11-12,14-17,20-21H2/p+1/t22?,28-,29?,31+,34?/m1/s1. The summed E-state index contributed by atoms with van der Waals surface area (Å²) < 4.78 is 21.3. The van der Waals surface area contributed by atoms with E-state index in [1.807, 2.05) is 42.6 Å². The number of fused-ring (bicyclic) bond motifs is 3. The number of oxazole rings is 1. The maximum Gasteiger partial charge on any atom is 0.231 e. The molecular formula is C31H38FN2O2S+. The van der Waals surface area contributed by atoms with E-state index in [0.29, 0.717) is 17.7 Å². The first-order valence-electron chi connectivity index (χ1n) is 14.0. The second-order valence-corrected chi connectivity index (χ2v) is 12.3. The van der Waals surface area contributed by atoms with E-state index >= 15 is 0 Å². The molecule has 0 radical (unpaired) electrons. The first-order chi connectivity index (χ1) is 18.0. The lowest BCUT2D eigenvalue weighted by Crippen LogP contribution is -2.61. The molecule has 3 aromatic rings. The molecule has 6 heteroatoms. The highest BCUT2D eigenvalue weighted by molar-refractivity contribution is 7.80. The van der Waals surface area contributed by atoms with E-state index in [1.54, 1.807) is 12.1 Å². The van der Waals surface area contributed by atoms with Crippen LogP contribution in [0.25, 0.3) is 0 Å². The van der Waals surface area contributed by atoms with E-state index in [0.717, 1.165) is 86.1 Å². The molecule has 0 amide bonds. The molecule has 2 aromatic carbocycles. The summed E-state index contributed by atoms with van der Waals surface area (Å²) in [6.07, 6.45) is 9.62. The summed E-state index contributed by atoms with van der Waals surface area (Å²) in [5.74, 6) is 2.23. The SMILES string of the molecule is O[C@](c1ccccc1)(c1ncc(C[N+]23CCC(CC2)[C@H](C(S)c2cccc(F)c2)C3)o1)C1CCCCC1. The van der Waals surface area contributed by atoms with Gasteiger partial charge in [0.15, 0.2) is 11.4 Å². The largest absolute Gasteiger partial charge is 0.436 e. The summed E-state index contributed by atoms with van der Waals surface area (Å²) in [4.78, 5) is 4.71. The number of hydrogen-bond donors (Lipinski definition) is 2. The lowest BCUT2D eigenvalue weighted by atomic mass is 9.73. The van der Waals surface area contributed by atoms with Crippen LogP contribution in [0.3, 0.4) is 0 Å². The predicted octanol–water partition coefficient (Wildman–Crippen LogP) is 6.66. The van der Waals surface area contributed by atoms with Crippen LogP contribution in [-0.2, 0) is 12.1 Å². The van der Waals surface area contributed by atoms with Crippen molar-refractivity contribution in [1.82, 2.24) is 4.98 Å². The zero-order valence-corrected chi connectivity index (χ0v) is 22.3. The Hall–Kier alpha value is -2.15. The number of aliphatic hydroxyl groups is 1. The van der Waals surface area contributed by atoms with Crippen molar-refractivity contribution in [3.8, 4) is 0 Å².